The van der Waals surface area contributed by atoms with E-state index in [0.717, 1.165) is 23.1 Å². The topological polar surface area (TPSA) is 75.6 Å². The molecule has 0 spiro atoms. The third-order valence-corrected chi connectivity index (χ3v) is 4.22. The molecule has 0 unspecified atom stereocenters. The molecule has 150 valence electrons. The minimum atomic E-state index is -4.67. The Morgan fingerprint density at radius 1 is 1.29 bits per heavy atom. The van der Waals surface area contributed by atoms with Crippen LogP contribution < -0.4 is 11.0 Å². The minimum absolute atomic E-state index is 0.143. The highest BCUT2D eigenvalue weighted by molar-refractivity contribution is 5.71. The lowest BCUT2D eigenvalue weighted by Crippen LogP contribution is -2.20. The first-order chi connectivity index (χ1) is 13.1. The Labute approximate surface area is 157 Å². The van der Waals surface area contributed by atoms with Gasteiger partial charge in [0.15, 0.2) is 5.65 Å². The summed E-state index contributed by atoms with van der Waals surface area (Å²) in [6.45, 7) is 4.26. The zero-order valence-corrected chi connectivity index (χ0v) is 15.3. The van der Waals surface area contributed by atoms with E-state index in [9.17, 15) is 22.4 Å². The lowest BCUT2D eigenvalue weighted by atomic mass is 10.1. The smallest absolute Gasteiger partial charge is 0.354 e. The molecule has 0 aliphatic rings. The van der Waals surface area contributed by atoms with Crippen molar-refractivity contribution >= 4 is 17.1 Å². The summed E-state index contributed by atoms with van der Waals surface area (Å²) in [5, 5.41) is 3.02. The lowest BCUT2D eigenvalue weighted by Gasteiger charge is -2.13. The molecule has 0 saturated heterocycles. The number of hydrogen-bond acceptors (Lipinski definition) is 4. The van der Waals surface area contributed by atoms with Crippen molar-refractivity contribution < 1.29 is 17.6 Å². The van der Waals surface area contributed by atoms with Gasteiger partial charge in [0.05, 0.1) is 18.3 Å². The fourth-order valence-electron chi connectivity index (χ4n) is 2.79. The maximum Gasteiger partial charge on any atom is 0.416 e. The number of hydrogen-bond donors (Lipinski definition) is 2. The van der Waals surface area contributed by atoms with E-state index in [0.29, 0.717) is 18.5 Å². The number of fused-ring (bicyclic) bond motifs is 1. The fraction of sp³-hybridized carbons (Fsp3) is 0.389. The van der Waals surface area contributed by atoms with Crippen molar-refractivity contribution in [1.29, 1.82) is 0 Å². The molecule has 0 saturated carbocycles. The van der Waals surface area contributed by atoms with Crippen LogP contribution in [0.2, 0.25) is 0 Å². The van der Waals surface area contributed by atoms with E-state index in [4.69, 9.17) is 0 Å². The first kappa shape index (κ1) is 19.8. The van der Waals surface area contributed by atoms with Crippen LogP contribution in [-0.4, -0.2) is 26.1 Å². The Hall–Kier alpha value is -2.91. The molecule has 6 nitrogen and oxygen atoms in total. The lowest BCUT2D eigenvalue weighted by molar-refractivity contribution is -0.138. The molecule has 3 aromatic rings. The summed E-state index contributed by atoms with van der Waals surface area (Å²) in [5.74, 6) is -0.0896. The van der Waals surface area contributed by atoms with Crippen LogP contribution in [0.5, 0.6) is 0 Å². The molecule has 10 heteroatoms. The highest BCUT2D eigenvalue weighted by atomic mass is 19.4. The van der Waals surface area contributed by atoms with Gasteiger partial charge in [-0.25, -0.2) is 14.2 Å². The molecule has 28 heavy (non-hydrogen) atoms. The van der Waals surface area contributed by atoms with Crippen LogP contribution >= 0.6 is 0 Å². The van der Waals surface area contributed by atoms with Crippen LogP contribution in [0.1, 0.15) is 31.4 Å². The average molecular weight is 397 g/mol. The number of alkyl halides is 3. The van der Waals surface area contributed by atoms with E-state index in [2.05, 4.69) is 34.1 Å². The van der Waals surface area contributed by atoms with Crippen molar-refractivity contribution in [2.75, 3.05) is 11.9 Å². The van der Waals surface area contributed by atoms with Gasteiger partial charge >= 0.3 is 11.9 Å². The normalized spacial score (nSPS) is 12.1. The Balaban J connectivity index is 1.98. The number of nitrogens with zero attached hydrogens (tertiary/aromatic N) is 3. The van der Waals surface area contributed by atoms with Crippen molar-refractivity contribution in [3.05, 3.63) is 51.8 Å². The van der Waals surface area contributed by atoms with Gasteiger partial charge in [-0.05, 0) is 36.1 Å². The summed E-state index contributed by atoms with van der Waals surface area (Å²) in [7, 11) is 0. The van der Waals surface area contributed by atoms with Gasteiger partial charge in [-0.15, -0.1) is 0 Å². The number of nitrogens with one attached hydrogen (secondary N) is 2. The summed E-state index contributed by atoms with van der Waals surface area (Å²) in [4.78, 5) is 23.1. The number of benzene rings is 1. The monoisotopic (exact) mass is 397 g/mol. The maximum absolute atomic E-state index is 13.5. The van der Waals surface area contributed by atoms with Gasteiger partial charge in [0, 0.05) is 6.54 Å². The molecular formula is C18H19F4N5O. The molecule has 0 atom stereocenters. The maximum atomic E-state index is 13.5. The van der Waals surface area contributed by atoms with E-state index in [1.54, 1.807) is 0 Å². The van der Waals surface area contributed by atoms with Crippen molar-refractivity contribution in [3.8, 4) is 0 Å². The van der Waals surface area contributed by atoms with Crippen LogP contribution in [0.15, 0.2) is 29.2 Å². The Kier molecular flexibility index (Phi) is 5.39. The van der Waals surface area contributed by atoms with E-state index < -0.39 is 29.8 Å². The van der Waals surface area contributed by atoms with Gasteiger partial charge in [-0.2, -0.15) is 18.2 Å². The molecule has 2 N–H and O–H groups in total. The average Bonchev–Trinajstić information content (AvgIpc) is 2.89. The highest BCUT2D eigenvalue weighted by Crippen LogP contribution is 2.32. The molecule has 2 aromatic heterocycles. The molecule has 0 fully saturated rings. The molecule has 0 bridgehead atoms. The van der Waals surface area contributed by atoms with Crippen LogP contribution in [0.3, 0.4) is 0 Å². The third-order valence-electron chi connectivity index (χ3n) is 4.22. The predicted octanol–water partition coefficient (Wildman–Crippen LogP) is 3.78. The van der Waals surface area contributed by atoms with Crippen LogP contribution in [0.4, 0.5) is 23.5 Å². The number of rotatable bonds is 6. The zero-order valence-electron chi connectivity index (χ0n) is 15.3. The summed E-state index contributed by atoms with van der Waals surface area (Å²) >= 11 is 0. The van der Waals surface area contributed by atoms with Gasteiger partial charge in [-0.3, -0.25) is 4.57 Å². The van der Waals surface area contributed by atoms with Gasteiger partial charge in [0.1, 0.15) is 11.3 Å². The van der Waals surface area contributed by atoms with Gasteiger partial charge < -0.3 is 10.3 Å². The Morgan fingerprint density at radius 3 is 2.71 bits per heavy atom. The van der Waals surface area contributed by atoms with Crippen LogP contribution in [-0.2, 0) is 12.7 Å². The van der Waals surface area contributed by atoms with Crippen molar-refractivity contribution in [1.82, 2.24) is 19.5 Å². The summed E-state index contributed by atoms with van der Waals surface area (Å²) < 4.78 is 54.3. The van der Waals surface area contributed by atoms with Crippen molar-refractivity contribution in [2.24, 2.45) is 5.92 Å². The number of anilines is 1. The predicted molar refractivity (Wildman–Crippen MR) is 96.6 cm³/mol. The number of halogens is 4. The summed E-state index contributed by atoms with van der Waals surface area (Å²) in [6, 6.07) is 2.18. The Bertz CT molecular complexity index is 1040. The van der Waals surface area contributed by atoms with E-state index in [1.807, 2.05) is 0 Å². The fourth-order valence-corrected chi connectivity index (χ4v) is 2.79. The van der Waals surface area contributed by atoms with Crippen molar-refractivity contribution in [2.45, 2.75) is 33.0 Å². The first-order valence-electron chi connectivity index (χ1n) is 8.70. The molecule has 0 radical (unpaired) electrons. The SMILES string of the molecule is CC(C)CCNc1ncc2[nH]c(=O)n(Cc3cc(F)ccc3C(F)(F)F)c2n1. The quantitative estimate of drug-likeness (QED) is 0.621. The largest absolute Gasteiger partial charge is 0.416 e. The Morgan fingerprint density at radius 2 is 2.04 bits per heavy atom. The first-order valence-corrected chi connectivity index (χ1v) is 8.70. The van der Waals surface area contributed by atoms with Gasteiger partial charge in [0.2, 0.25) is 5.95 Å². The second-order valence-electron chi connectivity index (χ2n) is 6.86. The van der Waals surface area contributed by atoms with E-state index >= 15 is 0 Å². The van der Waals surface area contributed by atoms with Gasteiger partial charge in [-0.1, -0.05) is 13.8 Å². The van der Waals surface area contributed by atoms with Crippen molar-refractivity contribution in [3.63, 3.8) is 0 Å². The number of imidazole rings is 1. The van der Waals surface area contributed by atoms with E-state index in [-0.39, 0.29) is 22.7 Å². The molecule has 3 rings (SSSR count). The third kappa shape index (κ3) is 4.32. The number of H-pyrrole nitrogens is 1. The zero-order chi connectivity index (χ0) is 20.5. The molecule has 0 amide bonds. The highest BCUT2D eigenvalue weighted by Gasteiger charge is 2.33. The molecule has 0 aliphatic carbocycles. The van der Waals surface area contributed by atoms with Gasteiger partial charge in [0.25, 0.3) is 0 Å². The molecular weight excluding hydrogens is 378 g/mol. The molecule has 0 aliphatic heterocycles. The second-order valence-corrected chi connectivity index (χ2v) is 6.86. The van der Waals surface area contributed by atoms with Crippen LogP contribution in [0.25, 0.3) is 11.2 Å². The summed E-state index contributed by atoms with van der Waals surface area (Å²) in [6.07, 6.45) is -2.41. The number of aromatic amines is 1. The molecule has 2 heterocycles. The van der Waals surface area contributed by atoms with E-state index in [1.165, 1.54) is 6.20 Å². The van der Waals surface area contributed by atoms with Crippen LogP contribution in [0, 0.1) is 11.7 Å². The molecule has 1 aromatic carbocycles. The number of aromatic nitrogens is 4. The standard InChI is InChI=1S/C18H19F4N5O/c1-10(2)5-6-23-16-24-8-14-15(26-16)27(17(28)25-14)9-11-7-12(19)3-4-13(11)18(20,21)22/h3-4,7-8,10H,5-6,9H2,1-2H3,(H,25,28)(H,23,24,26). The second kappa shape index (κ2) is 7.61. The minimum Gasteiger partial charge on any atom is -0.354 e. The summed E-state index contributed by atoms with van der Waals surface area (Å²) in [5.41, 5.74) is -1.59.